The molecular weight excluding hydrogens is 216 g/mol. The zero-order chi connectivity index (χ0) is 12.3. The van der Waals surface area contributed by atoms with Crippen molar-refractivity contribution >= 4 is 5.91 Å². The second-order valence-electron chi connectivity index (χ2n) is 4.41. The van der Waals surface area contributed by atoms with Crippen molar-refractivity contribution < 1.29 is 4.79 Å². The third-order valence-corrected chi connectivity index (χ3v) is 2.90. The molecule has 0 bridgehead atoms. The van der Waals surface area contributed by atoms with Crippen molar-refractivity contribution in [3.05, 3.63) is 30.1 Å². The number of carbonyl (C=O) groups is 1. The van der Waals surface area contributed by atoms with E-state index < -0.39 is 0 Å². The summed E-state index contributed by atoms with van der Waals surface area (Å²) in [7, 11) is 1.88. The molecule has 1 aliphatic carbocycles. The molecule has 2 unspecified atom stereocenters. The molecule has 0 aromatic carbocycles. The van der Waals surface area contributed by atoms with Crippen molar-refractivity contribution in [2.24, 2.45) is 18.7 Å². The lowest BCUT2D eigenvalue weighted by Gasteiger charge is -2.09. The minimum atomic E-state index is -0.0614. The minimum Gasteiger partial charge on any atom is -0.355 e. The van der Waals surface area contributed by atoms with Gasteiger partial charge in [0.05, 0.1) is 11.6 Å². The maximum absolute atomic E-state index is 11.7. The van der Waals surface area contributed by atoms with Crippen LogP contribution in [0.3, 0.4) is 0 Å². The van der Waals surface area contributed by atoms with E-state index in [1.54, 1.807) is 4.68 Å². The number of nitrogens with one attached hydrogen (secondary N) is 1. The molecule has 2 atom stereocenters. The molecule has 0 radical (unpaired) electrons. The van der Waals surface area contributed by atoms with Gasteiger partial charge in [-0.15, -0.1) is 0 Å². The quantitative estimate of drug-likeness (QED) is 0.719. The molecule has 1 heterocycles. The minimum absolute atomic E-state index is 0.0292. The Labute approximate surface area is 101 Å². The highest BCUT2D eigenvalue weighted by Gasteiger charge is 2.22. The summed E-state index contributed by atoms with van der Waals surface area (Å²) in [6.45, 7) is 0.620. The molecular formula is C12H18N4O. The zero-order valence-corrected chi connectivity index (χ0v) is 9.97. The van der Waals surface area contributed by atoms with Gasteiger partial charge < -0.3 is 11.1 Å². The molecule has 0 saturated carbocycles. The molecule has 1 aromatic heterocycles. The Morgan fingerprint density at radius 1 is 1.65 bits per heavy atom. The summed E-state index contributed by atoms with van der Waals surface area (Å²) >= 11 is 0. The number of amides is 1. The van der Waals surface area contributed by atoms with Crippen LogP contribution >= 0.6 is 0 Å². The molecule has 5 heteroatoms. The number of nitrogens with two attached hydrogens (primary N) is 1. The maximum atomic E-state index is 11.7. The van der Waals surface area contributed by atoms with Crippen molar-refractivity contribution in [3.63, 3.8) is 0 Å². The Bertz CT molecular complexity index is 424. The smallest absolute Gasteiger partial charge is 0.227 e. The summed E-state index contributed by atoms with van der Waals surface area (Å²) < 4.78 is 1.76. The van der Waals surface area contributed by atoms with Crippen LogP contribution in [0, 0.1) is 5.92 Å². The third-order valence-electron chi connectivity index (χ3n) is 2.90. The lowest BCUT2D eigenvalue weighted by Crippen LogP contribution is -2.32. The molecule has 0 spiro atoms. The van der Waals surface area contributed by atoms with E-state index in [9.17, 15) is 4.79 Å². The first-order valence-electron chi connectivity index (χ1n) is 5.85. The molecule has 1 amide bonds. The van der Waals surface area contributed by atoms with E-state index in [-0.39, 0.29) is 17.9 Å². The Kier molecular flexibility index (Phi) is 3.58. The van der Waals surface area contributed by atoms with Crippen LogP contribution in [0.2, 0.25) is 0 Å². The van der Waals surface area contributed by atoms with E-state index in [1.807, 2.05) is 31.5 Å². The summed E-state index contributed by atoms with van der Waals surface area (Å²) in [5.41, 5.74) is 6.70. The fourth-order valence-corrected chi connectivity index (χ4v) is 1.96. The highest BCUT2D eigenvalue weighted by molar-refractivity contribution is 5.81. The SMILES string of the molecule is Cn1ccc(CCNC(=O)C2C=CC(N)C2)n1. The van der Waals surface area contributed by atoms with E-state index in [1.165, 1.54) is 0 Å². The third kappa shape index (κ3) is 3.17. The average molecular weight is 234 g/mol. The van der Waals surface area contributed by atoms with Gasteiger partial charge in [-0.2, -0.15) is 5.10 Å². The second kappa shape index (κ2) is 5.14. The first kappa shape index (κ1) is 11.9. The van der Waals surface area contributed by atoms with Gasteiger partial charge in [-0.3, -0.25) is 9.48 Å². The van der Waals surface area contributed by atoms with E-state index >= 15 is 0 Å². The van der Waals surface area contributed by atoms with Crippen molar-refractivity contribution in [1.82, 2.24) is 15.1 Å². The van der Waals surface area contributed by atoms with Gasteiger partial charge in [-0.05, 0) is 12.5 Å². The van der Waals surface area contributed by atoms with Crippen LogP contribution in [0.4, 0.5) is 0 Å². The van der Waals surface area contributed by atoms with Gasteiger partial charge in [0, 0.05) is 32.3 Å². The summed E-state index contributed by atoms with van der Waals surface area (Å²) in [6.07, 6.45) is 7.16. The van der Waals surface area contributed by atoms with Crippen LogP contribution in [0.25, 0.3) is 0 Å². The second-order valence-corrected chi connectivity index (χ2v) is 4.41. The Balaban J connectivity index is 1.72. The molecule has 0 saturated heterocycles. The molecule has 17 heavy (non-hydrogen) atoms. The number of nitrogens with zero attached hydrogens (tertiary/aromatic N) is 2. The van der Waals surface area contributed by atoms with Gasteiger partial charge in [0.1, 0.15) is 0 Å². The van der Waals surface area contributed by atoms with Crippen LogP contribution in [0.1, 0.15) is 12.1 Å². The first-order valence-corrected chi connectivity index (χ1v) is 5.85. The average Bonchev–Trinajstić information content (AvgIpc) is 2.88. The fraction of sp³-hybridized carbons (Fsp3) is 0.500. The molecule has 92 valence electrons. The van der Waals surface area contributed by atoms with Crippen LogP contribution in [0.5, 0.6) is 0 Å². The summed E-state index contributed by atoms with van der Waals surface area (Å²) in [5.74, 6) is -0.00105. The number of aromatic nitrogens is 2. The van der Waals surface area contributed by atoms with Crippen LogP contribution < -0.4 is 11.1 Å². The number of rotatable bonds is 4. The van der Waals surface area contributed by atoms with E-state index in [4.69, 9.17) is 5.73 Å². The molecule has 2 rings (SSSR count). The highest BCUT2D eigenvalue weighted by Crippen LogP contribution is 2.15. The van der Waals surface area contributed by atoms with Gasteiger partial charge in [-0.25, -0.2) is 0 Å². The van der Waals surface area contributed by atoms with Crippen molar-refractivity contribution in [2.75, 3.05) is 6.54 Å². The largest absolute Gasteiger partial charge is 0.355 e. The lowest BCUT2D eigenvalue weighted by atomic mass is 10.1. The number of hydrogen-bond acceptors (Lipinski definition) is 3. The lowest BCUT2D eigenvalue weighted by molar-refractivity contribution is -0.123. The van der Waals surface area contributed by atoms with E-state index in [0.717, 1.165) is 18.5 Å². The number of aryl methyl sites for hydroxylation is 1. The normalized spacial score (nSPS) is 22.9. The zero-order valence-electron chi connectivity index (χ0n) is 9.97. The van der Waals surface area contributed by atoms with Crippen LogP contribution in [0.15, 0.2) is 24.4 Å². The van der Waals surface area contributed by atoms with Gasteiger partial charge in [0.15, 0.2) is 0 Å². The Hall–Kier alpha value is -1.62. The summed E-state index contributed by atoms with van der Waals surface area (Å²) in [5, 5.41) is 7.16. The van der Waals surface area contributed by atoms with Gasteiger partial charge in [0.2, 0.25) is 5.91 Å². The molecule has 0 fully saturated rings. The van der Waals surface area contributed by atoms with Crippen molar-refractivity contribution in [1.29, 1.82) is 0 Å². The predicted molar refractivity (Wildman–Crippen MR) is 65.1 cm³/mol. The summed E-state index contributed by atoms with van der Waals surface area (Å²) in [4.78, 5) is 11.7. The van der Waals surface area contributed by atoms with Gasteiger partial charge in [0.25, 0.3) is 0 Å². The van der Waals surface area contributed by atoms with Crippen LogP contribution in [-0.4, -0.2) is 28.3 Å². The standard InChI is InChI=1S/C12H18N4O/c1-16-7-5-11(15-16)4-6-14-12(17)9-2-3-10(13)8-9/h2-3,5,7,9-10H,4,6,8,13H2,1H3,(H,14,17). The molecule has 0 aliphatic heterocycles. The monoisotopic (exact) mass is 234 g/mol. The Morgan fingerprint density at radius 2 is 2.47 bits per heavy atom. The maximum Gasteiger partial charge on any atom is 0.227 e. The fourth-order valence-electron chi connectivity index (χ4n) is 1.96. The van der Waals surface area contributed by atoms with Gasteiger partial charge in [-0.1, -0.05) is 12.2 Å². The van der Waals surface area contributed by atoms with Crippen molar-refractivity contribution in [3.8, 4) is 0 Å². The number of carbonyl (C=O) groups excluding carboxylic acids is 1. The molecule has 1 aromatic rings. The van der Waals surface area contributed by atoms with E-state index in [2.05, 4.69) is 10.4 Å². The van der Waals surface area contributed by atoms with Crippen LogP contribution in [-0.2, 0) is 18.3 Å². The first-order chi connectivity index (χ1) is 8.15. The van der Waals surface area contributed by atoms with E-state index in [0.29, 0.717) is 6.54 Å². The van der Waals surface area contributed by atoms with Gasteiger partial charge >= 0.3 is 0 Å². The molecule has 3 N–H and O–H groups in total. The highest BCUT2D eigenvalue weighted by atomic mass is 16.1. The Morgan fingerprint density at radius 3 is 3.06 bits per heavy atom. The van der Waals surface area contributed by atoms with Crippen molar-refractivity contribution in [2.45, 2.75) is 18.9 Å². The predicted octanol–water partition coefficient (Wildman–Crippen LogP) is -0.0178. The topological polar surface area (TPSA) is 72.9 Å². The molecule has 5 nitrogen and oxygen atoms in total. The number of hydrogen-bond donors (Lipinski definition) is 2. The molecule has 1 aliphatic rings. The summed E-state index contributed by atoms with van der Waals surface area (Å²) in [6, 6.07) is 1.99.